The van der Waals surface area contributed by atoms with Crippen LogP contribution in [0.1, 0.15) is 31.4 Å². The molecule has 0 aromatic heterocycles. The maximum absolute atomic E-state index is 5.41. The van der Waals surface area contributed by atoms with E-state index in [2.05, 4.69) is 0 Å². The zero-order chi connectivity index (χ0) is 24.4. The molecule has 0 unspecified atom stereocenters. The van der Waals surface area contributed by atoms with E-state index in [0.717, 1.165) is 22.6 Å². The zero-order valence-electron chi connectivity index (χ0n) is 20.8. The van der Waals surface area contributed by atoms with Crippen molar-refractivity contribution in [1.82, 2.24) is 0 Å². The standard InChI is InChI=1S/C25H34N2O6/c1-16(26-14-18-10-20(28-3)24(32-7)21(11-18)29-4)9-17(2)27-15-19-12-22(30-5)25(33-8)23(13-19)31-6/h10-13H,9,14-15H2,1-8H3. The van der Waals surface area contributed by atoms with Crippen molar-refractivity contribution in [2.45, 2.75) is 33.4 Å². The predicted octanol–water partition coefficient (Wildman–Crippen LogP) is 4.75. The molecular weight excluding hydrogens is 424 g/mol. The summed E-state index contributed by atoms with van der Waals surface area (Å²) >= 11 is 0. The molecule has 0 radical (unpaired) electrons. The number of benzene rings is 2. The van der Waals surface area contributed by atoms with E-state index in [1.165, 1.54) is 0 Å². The monoisotopic (exact) mass is 458 g/mol. The van der Waals surface area contributed by atoms with Gasteiger partial charge in [-0.1, -0.05) is 0 Å². The van der Waals surface area contributed by atoms with Crippen molar-refractivity contribution < 1.29 is 28.4 Å². The van der Waals surface area contributed by atoms with Crippen molar-refractivity contribution in [3.05, 3.63) is 35.4 Å². The van der Waals surface area contributed by atoms with E-state index in [-0.39, 0.29) is 0 Å². The Bertz CT molecular complexity index is 871. The Morgan fingerprint density at radius 1 is 0.545 bits per heavy atom. The summed E-state index contributed by atoms with van der Waals surface area (Å²) in [5, 5.41) is 0. The summed E-state index contributed by atoms with van der Waals surface area (Å²) in [6.07, 6.45) is 0.675. The maximum atomic E-state index is 5.41. The number of nitrogens with zero attached hydrogens (tertiary/aromatic N) is 2. The first-order valence-corrected chi connectivity index (χ1v) is 10.5. The molecule has 0 aliphatic carbocycles. The van der Waals surface area contributed by atoms with E-state index in [0.29, 0.717) is 54.0 Å². The lowest BCUT2D eigenvalue weighted by Gasteiger charge is -2.14. The fraction of sp³-hybridized carbons (Fsp3) is 0.440. The highest BCUT2D eigenvalue weighted by Crippen LogP contribution is 2.39. The summed E-state index contributed by atoms with van der Waals surface area (Å²) in [6.45, 7) is 5.00. The van der Waals surface area contributed by atoms with Crippen LogP contribution in [0.15, 0.2) is 34.3 Å². The molecule has 8 heteroatoms. The van der Waals surface area contributed by atoms with E-state index in [1.54, 1.807) is 42.7 Å². The summed E-state index contributed by atoms with van der Waals surface area (Å²) in [7, 11) is 9.57. The van der Waals surface area contributed by atoms with Crippen LogP contribution in [0, 0.1) is 0 Å². The summed E-state index contributed by atoms with van der Waals surface area (Å²) in [4.78, 5) is 9.40. The highest BCUT2D eigenvalue weighted by molar-refractivity contribution is 6.02. The van der Waals surface area contributed by atoms with E-state index < -0.39 is 0 Å². The topological polar surface area (TPSA) is 80.1 Å². The quantitative estimate of drug-likeness (QED) is 0.427. The molecule has 180 valence electrons. The van der Waals surface area contributed by atoms with E-state index >= 15 is 0 Å². The van der Waals surface area contributed by atoms with E-state index in [4.69, 9.17) is 38.4 Å². The van der Waals surface area contributed by atoms with Crippen LogP contribution in [0.5, 0.6) is 34.5 Å². The lowest BCUT2D eigenvalue weighted by Crippen LogP contribution is -2.03. The van der Waals surface area contributed by atoms with Crippen LogP contribution in [0.2, 0.25) is 0 Å². The average molecular weight is 459 g/mol. The zero-order valence-corrected chi connectivity index (χ0v) is 20.8. The fourth-order valence-corrected chi connectivity index (χ4v) is 3.39. The predicted molar refractivity (Wildman–Crippen MR) is 130 cm³/mol. The third kappa shape index (κ3) is 6.78. The van der Waals surface area contributed by atoms with Gasteiger partial charge in [-0.25, -0.2) is 0 Å². The first kappa shape index (κ1) is 25.8. The number of rotatable bonds is 12. The van der Waals surface area contributed by atoms with Gasteiger partial charge in [0.05, 0.1) is 55.7 Å². The smallest absolute Gasteiger partial charge is 0.203 e. The van der Waals surface area contributed by atoms with Crippen LogP contribution in [0.25, 0.3) is 0 Å². The van der Waals surface area contributed by atoms with Crippen LogP contribution in [0.4, 0.5) is 0 Å². The Kier molecular flexibility index (Phi) is 9.84. The second kappa shape index (κ2) is 12.6. The van der Waals surface area contributed by atoms with Gasteiger partial charge < -0.3 is 28.4 Å². The highest BCUT2D eigenvalue weighted by Gasteiger charge is 2.14. The molecule has 0 fully saturated rings. The van der Waals surface area contributed by atoms with E-state index in [1.807, 2.05) is 38.1 Å². The van der Waals surface area contributed by atoms with Gasteiger partial charge in [-0.15, -0.1) is 0 Å². The molecular formula is C25H34N2O6. The summed E-state index contributed by atoms with van der Waals surface area (Å²) in [5.41, 5.74) is 3.90. The Hall–Kier alpha value is -3.42. The number of aliphatic imine (C=N–C) groups is 2. The number of methoxy groups -OCH3 is 6. The van der Waals surface area contributed by atoms with Crippen LogP contribution in [-0.2, 0) is 13.1 Å². The van der Waals surface area contributed by atoms with Crippen molar-refractivity contribution in [3.8, 4) is 34.5 Å². The first-order chi connectivity index (χ1) is 15.9. The Morgan fingerprint density at radius 3 is 1.09 bits per heavy atom. The molecule has 0 N–H and O–H groups in total. The van der Waals surface area contributed by atoms with Crippen molar-refractivity contribution in [2.24, 2.45) is 9.98 Å². The van der Waals surface area contributed by atoms with Gasteiger partial charge in [0.2, 0.25) is 11.5 Å². The van der Waals surface area contributed by atoms with Crippen molar-refractivity contribution in [3.63, 3.8) is 0 Å². The van der Waals surface area contributed by atoms with Gasteiger partial charge in [0.1, 0.15) is 0 Å². The number of ether oxygens (including phenoxy) is 6. The van der Waals surface area contributed by atoms with Crippen LogP contribution in [0.3, 0.4) is 0 Å². The molecule has 0 aliphatic heterocycles. The second-order valence-electron chi connectivity index (χ2n) is 7.35. The lowest BCUT2D eigenvalue weighted by atomic mass is 10.1. The Morgan fingerprint density at radius 2 is 0.848 bits per heavy atom. The highest BCUT2D eigenvalue weighted by atomic mass is 16.5. The molecule has 0 amide bonds. The molecule has 2 aromatic carbocycles. The molecule has 2 rings (SSSR count). The third-order valence-corrected chi connectivity index (χ3v) is 5.02. The molecule has 0 saturated heterocycles. The van der Waals surface area contributed by atoms with Gasteiger partial charge in [0.15, 0.2) is 23.0 Å². The van der Waals surface area contributed by atoms with Gasteiger partial charge in [-0.2, -0.15) is 0 Å². The van der Waals surface area contributed by atoms with Crippen molar-refractivity contribution in [1.29, 1.82) is 0 Å². The molecule has 0 aliphatic rings. The summed E-state index contributed by atoms with van der Waals surface area (Å²) in [5.74, 6) is 3.59. The first-order valence-electron chi connectivity index (χ1n) is 10.5. The van der Waals surface area contributed by atoms with Crippen LogP contribution >= 0.6 is 0 Å². The SMILES string of the molecule is COc1cc(CN=C(C)CC(C)=NCc2cc(OC)c(OC)c(OC)c2)cc(OC)c1OC. The average Bonchev–Trinajstić information content (AvgIpc) is 2.84. The molecule has 33 heavy (non-hydrogen) atoms. The normalized spacial score (nSPS) is 11.8. The summed E-state index contributed by atoms with van der Waals surface area (Å²) in [6, 6.07) is 7.63. The molecule has 0 spiro atoms. The lowest BCUT2D eigenvalue weighted by molar-refractivity contribution is 0.324. The third-order valence-electron chi connectivity index (χ3n) is 5.02. The van der Waals surface area contributed by atoms with Gasteiger partial charge in [-0.05, 0) is 49.2 Å². The molecule has 0 heterocycles. The molecule has 0 saturated carbocycles. The Labute approximate surface area is 196 Å². The Balaban J connectivity index is 2.09. The van der Waals surface area contributed by atoms with Gasteiger partial charge in [0, 0.05) is 17.8 Å². The molecule has 0 atom stereocenters. The largest absolute Gasteiger partial charge is 0.493 e. The van der Waals surface area contributed by atoms with Gasteiger partial charge in [0.25, 0.3) is 0 Å². The van der Waals surface area contributed by atoms with Crippen LogP contribution < -0.4 is 28.4 Å². The minimum Gasteiger partial charge on any atom is -0.493 e. The minimum atomic E-state index is 0.503. The van der Waals surface area contributed by atoms with Gasteiger partial charge >= 0.3 is 0 Å². The van der Waals surface area contributed by atoms with Crippen LogP contribution in [-0.4, -0.2) is 54.1 Å². The summed E-state index contributed by atoms with van der Waals surface area (Å²) < 4.78 is 32.4. The number of hydrogen-bond acceptors (Lipinski definition) is 8. The van der Waals surface area contributed by atoms with Crippen molar-refractivity contribution in [2.75, 3.05) is 42.7 Å². The van der Waals surface area contributed by atoms with E-state index in [9.17, 15) is 0 Å². The molecule has 0 bridgehead atoms. The molecule has 8 nitrogen and oxygen atoms in total. The second-order valence-corrected chi connectivity index (χ2v) is 7.35. The van der Waals surface area contributed by atoms with Crippen molar-refractivity contribution >= 4 is 11.4 Å². The fourth-order valence-electron chi connectivity index (χ4n) is 3.39. The number of hydrogen-bond donors (Lipinski definition) is 0. The van der Waals surface area contributed by atoms with Gasteiger partial charge in [-0.3, -0.25) is 9.98 Å². The minimum absolute atomic E-state index is 0.503. The molecule has 2 aromatic rings. The maximum Gasteiger partial charge on any atom is 0.203 e.